The minimum absolute atomic E-state index is 0.132. The van der Waals surface area contributed by atoms with Crippen LogP contribution in [-0.2, 0) is 7.05 Å². The van der Waals surface area contributed by atoms with Crippen LogP contribution in [0, 0.1) is 36.8 Å². The molecular formula is C25H21F2N3O2. The minimum atomic E-state index is -1.20. The number of rotatable bonds is 4. The van der Waals surface area contributed by atoms with E-state index >= 15 is 0 Å². The number of anilines is 1. The number of benzene rings is 2. The topological polar surface area (TPSA) is 71.0 Å². The molecule has 4 rings (SSSR count). The summed E-state index contributed by atoms with van der Waals surface area (Å²) >= 11 is 0. The molecule has 5 nitrogen and oxygen atoms in total. The molecule has 0 fully saturated rings. The van der Waals surface area contributed by atoms with Gasteiger partial charge in [0.2, 0.25) is 0 Å². The van der Waals surface area contributed by atoms with Crippen LogP contribution in [0.15, 0.2) is 51.9 Å². The lowest BCUT2D eigenvalue weighted by molar-refractivity contribution is 0.506. The average Bonchev–Trinajstić information content (AvgIpc) is 3.19. The zero-order valence-corrected chi connectivity index (χ0v) is 18.1. The summed E-state index contributed by atoms with van der Waals surface area (Å²) in [6.45, 7) is 5.41. The van der Waals surface area contributed by atoms with E-state index in [4.69, 9.17) is 4.42 Å². The molecule has 0 aliphatic rings. The van der Waals surface area contributed by atoms with Gasteiger partial charge in [0, 0.05) is 36.1 Å². The van der Waals surface area contributed by atoms with Crippen LogP contribution in [0.2, 0.25) is 0 Å². The van der Waals surface area contributed by atoms with Gasteiger partial charge in [0.1, 0.15) is 23.0 Å². The van der Waals surface area contributed by atoms with Crippen molar-refractivity contribution < 1.29 is 13.2 Å². The number of hydrogen-bond acceptors (Lipinski definition) is 4. The predicted molar refractivity (Wildman–Crippen MR) is 119 cm³/mol. The van der Waals surface area contributed by atoms with Crippen LogP contribution in [0.4, 0.5) is 14.5 Å². The van der Waals surface area contributed by atoms with E-state index in [0.717, 1.165) is 17.2 Å². The van der Waals surface area contributed by atoms with Crippen LogP contribution < -0.4 is 10.7 Å². The van der Waals surface area contributed by atoms with Gasteiger partial charge in [0.05, 0.1) is 17.1 Å². The van der Waals surface area contributed by atoms with Gasteiger partial charge in [0.25, 0.3) is 0 Å². The molecule has 0 radical (unpaired) electrons. The van der Waals surface area contributed by atoms with Crippen LogP contribution in [0.5, 0.6) is 0 Å². The second kappa shape index (κ2) is 7.97. The smallest absolute Gasteiger partial charge is 0.196 e. The van der Waals surface area contributed by atoms with Gasteiger partial charge in [-0.1, -0.05) is 6.07 Å². The molecule has 162 valence electrons. The highest BCUT2D eigenvalue weighted by Gasteiger charge is 2.21. The van der Waals surface area contributed by atoms with Gasteiger partial charge in [-0.25, -0.2) is 8.78 Å². The minimum Gasteiger partial charge on any atom is -0.455 e. The summed E-state index contributed by atoms with van der Waals surface area (Å²) in [5.41, 5.74) is 2.84. The fraction of sp³-hybridized carbons (Fsp3) is 0.200. The number of aromatic nitrogens is 1. The van der Waals surface area contributed by atoms with Gasteiger partial charge >= 0.3 is 0 Å². The molecule has 1 atom stereocenters. The number of halogens is 2. The molecule has 2 aromatic carbocycles. The molecule has 0 saturated heterocycles. The van der Waals surface area contributed by atoms with E-state index in [0.29, 0.717) is 27.9 Å². The van der Waals surface area contributed by atoms with E-state index in [9.17, 15) is 18.8 Å². The molecule has 0 spiro atoms. The largest absolute Gasteiger partial charge is 0.455 e. The fourth-order valence-corrected chi connectivity index (χ4v) is 3.89. The lowest BCUT2D eigenvalue weighted by Crippen LogP contribution is -2.13. The summed E-state index contributed by atoms with van der Waals surface area (Å²) in [6.07, 6.45) is 3.73. The van der Waals surface area contributed by atoms with E-state index in [2.05, 4.69) is 5.32 Å². The third kappa shape index (κ3) is 3.54. The lowest BCUT2D eigenvalue weighted by atomic mass is 9.99. The highest BCUT2D eigenvalue weighted by molar-refractivity contribution is 5.84. The van der Waals surface area contributed by atoms with Crippen molar-refractivity contribution in [3.05, 3.63) is 86.8 Å². The van der Waals surface area contributed by atoms with E-state index in [1.807, 2.05) is 43.1 Å². The molecule has 0 aliphatic carbocycles. The van der Waals surface area contributed by atoms with Gasteiger partial charge in [0.15, 0.2) is 17.1 Å². The Morgan fingerprint density at radius 3 is 2.59 bits per heavy atom. The Balaban J connectivity index is 1.89. The summed E-state index contributed by atoms with van der Waals surface area (Å²) in [4.78, 5) is 13.2. The Kier molecular flexibility index (Phi) is 5.31. The van der Waals surface area contributed by atoms with E-state index in [1.165, 1.54) is 6.07 Å². The first-order chi connectivity index (χ1) is 15.2. The van der Waals surface area contributed by atoms with Gasteiger partial charge in [-0.15, -0.1) is 0 Å². The van der Waals surface area contributed by atoms with Crippen molar-refractivity contribution in [2.24, 2.45) is 7.05 Å². The normalized spacial score (nSPS) is 12.0. The first kappa shape index (κ1) is 21.3. The highest BCUT2D eigenvalue weighted by atomic mass is 19.2. The first-order valence-electron chi connectivity index (χ1n) is 10.1. The van der Waals surface area contributed by atoms with Gasteiger partial charge in [-0.3, -0.25) is 4.79 Å². The second-order valence-electron chi connectivity index (χ2n) is 7.94. The van der Waals surface area contributed by atoms with Gasteiger partial charge in [-0.05, 0) is 50.6 Å². The zero-order chi connectivity index (χ0) is 23.2. The molecule has 2 heterocycles. The number of nitriles is 1. The summed E-state index contributed by atoms with van der Waals surface area (Å²) in [5, 5.41) is 12.8. The number of fused-ring (bicyclic) bond motifs is 1. The number of nitrogens with zero attached hydrogens (tertiary/aromatic N) is 2. The van der Waals surface area contributed by atoms with Crippen LogP contribution in [0.3, 0.4) is 0 Å². The van der Waals surface area contributed by atoms with Crippen molar-refractivity contribution in [1.29, 1.82) is 5.26 Å². The Labute approximate surface area is 183 Å². The van der Waals surface area contributed by atoms with Crippen molar-refractivity contribution in [2.75, 3.05) is 5.32 Å². The molecule has 1 N–H and O–H groups in total. The molecule has 0 aliphatic heterocycles. The fourth-order valence-electron chi connectivity index (χ4n) is 3.89. The third-order valence-corrected chi connectivity index (χ3v) is 5.53. The molecule has 0 bridgehead atoms. The van der Waals surface area contributed by atoms with Crippen molar-refractivity contribution in [1.82, 2.24) is 4.57 Å². The Bertz CT molecular complexity index is 1460. The first-order valence-corrected chi connectivity index (χ1v) is 10.1. The van der Waals surface area contributed by atoms with Crippen LogP contribution >= 0.6 is 0 Å². The molecule has 0 unspecified atom stereocenters. The molecule has 2 aromatic heterocycles. The number of aryl methyl sites for hydroxylation is 2. The SMILES string of the molecule is Cc1cc([C@@H](C)Nc2ccc(F)c(F)c2C#N)c2oc(-c3ccn(C)c3)c(C)c(=O)c2c1. The second-order valence-corrected chi connectivity index (χ2v) is 7.94. The summed E-state index contributed by atoms with van der Waals surface area (Å²) in [7, 11) is 1.88. The molecule has 7 heteroatoms. The number of hydrogen-bond donors (Lipinski definition) is 1. The van der Waals surface area contributed by atoms with E-state index in [1.54, 1.807) is 26.0 Å². The van der Waals surface area contributed by atoms with Crippen molar-refractivity contribution in [2.45, 2.75) is 26.8 Å². The quantitative estimate of drug-likeness (QED) is 0.446. The lowest BCUT2D eigenvalue weighted by Gasteiger charge is -2.19. The monoisotopic (exact) mass is 433 g/mol. The standard InChI is InChI=1S/C25H21F2N3O2/c1-13-9-17(15(3)29-21-6-5-20(26)22(27)19(21)11-28)25-18(10-13)23(31)14(2)24(32-25)16-7-8-30(4)12-16/h5-10,12,15,29H,1-4H3/t15-/m1/s1. The summed E-state index contributed by atoms with van der Waals surface area (Å²) < 4.78 is 35.8. The molecular weight excluding hydrogens is 412 g/mol. The third-order valence-electron chi connectivity index (χ3n) is 5.53. The predicted octanol–water partition coefficient (Wildman–Crippen LogP) is 5.74. The Morgan fingerprint density at radius 1 is 1.19 bits per heavy atom. The van der Waals surface area contributed by atoms with Crippen LogP contribution in [-0.4, -0.2) is 4.57 Å². The average molecular weight is 433 g/mol. The molecule has 0 amide bonds. The Hall–Kier alpha value is -3.92. The molecule has 4 aromatic rings. The molecule has 0 saturated carbocycles. The Morgan fingerprint density at radius 2 is 1.94 bits per heavy atom. The summed E-state index contributed by atoms with van der Waals surface area (Å²) in [5.74, 6) is -1.81. The van der Waals surface area contributed by atoms with Crippen molar-refractivity contribution >= 4 is 16.7 Å². The van der Waals surface area contributed by atoms with Crippen molar-refractivity contribution in [3.63, 3.8) is 0 Å². The molecule has 32 heavy (non-hydrogen) atoms. The summed E-state index contributed by atoms with van der Waals surface area (Å²) in [6, 6.07) is 9.04. The highest BCUT2D eigenvalue weighted by Crippen LogP contribution is 2.33. The van der Waals surface area contributed by atoms with Gasteiger partial charge < -0.3 is 14.3 Å². The van der Waals surface area contributed by atoms with Gasteiger partial charge in [-0.2, -0.15) is 5.26 Å². The van der Waals surface area contributed by atoms with E-state index in [-0.39, 0.29) is 11.1 Å². The zero-order valence-electron chi connectivity index (χ0n) is 18.1. The van der Waals surface area contributed by atoms with E-state index < -0.39 is 23.2 Å². The maximum Gasteiger partial charge on any atom is 0.196 e. The van der Waals surface area contributed by atoms with Crippen LogP contribution in [0.1, 0.15) is 35.2 Å². The number of nitrogens with one attached hydrogen (secondary N) is 1. The van der Waals surface area contributed by atoms with Crippen LogP contribution in [0.25, 0.3) is 22.3 Å². The maximum absolute atomic E-state index is 14.1. The maximum atomic E-state index is 14.1. The van der Waals surface area contributed by atoms with Crippen molar-refractivity contribution in [3.8, 4) is 17.4 Å².